The van der Waals surface area contributed by atoms with E-state index in [0.29, 0.717) is 36.5 Å². The molecule has 0 unspecified atom stereocenters. The van der Waals surface area contributed by atoms with Crippen molar-refractivity contribution in [1.82, 2.24) is 10.3 Å². The van der Waals surface area contributed by atoms with E-state index in [1.165, 1.54) is 30.2 Å². The molecule has 3 aliphatic heterocycles. The summed E-state index contributed by atoms with van der Waals surface area (Å²) >= 11 is 8.99. The van der Waals surface area contributed by atoms with Crippen molar-refractivity contribution in [3.8, 4) is 11.5 Å². The second-order valence-corrected chi connectivity index (χ2v) is 12.0. The van der Waals surface area contributed by atoms with Crippen LogP contribution in [0.2, 0.25) is 0 Å². The van der Waals surface area contributed by atoms with Gasteiger partial charge < -0.3 is 29.4 Å². The Balaban J connectivity index is 1.62. The Morgan fingerprint density at radius 3 is 2.67 bits per heavy atom. The molecule has 0 aliphatic carbocycles. The lowest BCUT2D eigenvalue weighted by Crippen LogP contribution is -2.26. The molecule has 2 aromatic rings. The number of aromatic amines is 1. The van der Waals surface area contributed by atoms with Crippen LogP contribution in [-0.4, -0.2) is 41.6 Å². The van der Waals surface area contributed by atoms with E-state index in [0.717, 1.165) is 32.9 Å². The molecule has 36 heavy (non-hydrogen) atoms. The Morgan fingerprint density at radius 1 is 1.25 bits per heavy atom. The molecular formula is C23H21N3O6S4. The van der Waals surface area contributed by atoms with Crippen LogP contribution >= 0.6 is 47.1 Å². The first-order valence-corrected chi connectivity index (χ1v) is 13.8. The van der Waals surface area contributed by atoms with Crippen molar-refractivity contribution in [3.05, 3.63) is 42.8 Å². The highest BCUT2D eigenvalue weighted by Gasteiger charge is 2.30. The van der Waals surface area contributed by atoms with E-state index in [9.17, 15) is 14.4 Å². The number of thioether (sulfide) groups is 2. The number of thiocarbonyl (C=S) groups is 1. The number of nitrogens with zero attached hydrogens (tertiary/aromatic N) is 1. The predicted molar refractivity (Wildman–Crippen MR) is 145 cm³/mol. The fraction of sp³-hybridized carbons (Fsp3) is 0.304. The highest BCUT2D eigenvalue weighted by molar-refractivity contribution is 8.30. The number of hydrogen-bond acceptors (Lipinski definition) is 11. The Morgan fingerprint density at radius 2 is 2.00 bits per heavy atom. The van der Waals surface area contributed by atoms with Crippen LogP contribution in [0, 0.1) is 5.92 Å². The van der Waals surface area contributed by atoms with E-state index in [-0.39, 0.29) is 36.6 Å². The van der Waals surface area contributed by atoms with Crippen molar-refractivity contribution >= 4 is 79.4 Å². The number of rotatable bonds is 5. The number of nitrogens with one attached hydrogen (secondary N) is 2. The number of methoxy groups -OCH3 is 1. The molecule has 13 heteroatoms. The van der Waals surface area contributed by atoms with E-state index in [2.05, 4.69) is 10.3 Å². The van der Waals surface area contributed by atoms with Gasteiger partial charge in [-0.3, -0.25) is 14.4 Å². The minimum absolute atomic E-state index is 0.00433. The van der Waals surface area contributed by atoms with Crippen LogP contribution in [0.4, 0.5) is 5.69 Å². The number of H-pyrrole nitrogens is 1. The Kier molecular flexibility index (Phi) is 6.90. The van der Waals surface area contributed by atoms with Crippen LogP contribution in [0.25, 0.3) is 10.5 Å². The number of benzene rings is 1. The molecule has 0 atom stereocenters. The molecule has 2 N–H and O–H groups in total. The lowest BCUT2D eigenvalue weighted by Gasteiger charge is -2.21. The second kappa shape index (κ2) is 9.96. The smallest absolute Gasteiger partial charge is 0.307 e. The van der Waals surface area contributed by atoms with Crippen molar-refractivity contribution in [1.29, 1.82) is 0 Å². The molecule has 3 aliphatic rings. The predicted octanol–water partition coefficient (Wildman–Crippen LogP) is 2.24. The van der Waals surface area contributed by atoms with Crippen molar-refractivity contribution in [3.63, 3.8) is 0 Å². The number of hydrogen-bond donors (Lipinski definition) is 2. The fourth-order valence-corrected chi connectivity index (χ4v) is 7.30. The maximum atomic E-state index is 13.0. The number of anilines is 1. The van der Waals surface area contributed by atoms with Gasteiger partial charge in [0.25, 0.3) is 11.5 Å². The lowest BCUT2D eigenvalue weighted by atomic mass is 10.0. The molecule has 1 aromatic carbocycles. The Bertz CT molecular complexity index is 1510. The Hall–Kier alpha value is -2.74. The molecule has 1 amide bonds. The van der Waals surface area contributed by atoms with Gasteiger partial charge in [-0.05, 0) is 17.6 Å². The van der Waals surface area contributed by atoms with Crippen molar-refractivity contribution < 1.29 is 23.8 Å². The first kappa shape index (κ1) is 24.9. The van der Waals surface area contributed by atoms with Crippen LogP contribution in [0.1, 0.15) is 20.3 Å². The molecule has 9 nitrogen and oxygen atoms in total. The van der Waals surface area contributed by atoms with Gasteiger partial charge in [0.05, 0.1) is 28.8 Å². The van der Waals surface area contributed by atoms with Crippen LogP contribution in [-0.2, 0) is 14.3 Å². The summed E-state index contributed by atoms with van der Waals surface area (Å²) in [6.07, 6.45) is 2.16. The van der Waals surface area contributed by atoms with Gasteiger partial charge in [0.1, 0.15) is 13.9 Å². The summed E-state index contributed by atoms with van der Waals surface area (Å²) in [5, 5.41) is 3.44. The number of ether oxygens (including phenoxy) is 3. The molecule has 0 spiro atoms. The minimum Gasteiger partial charge on any atom is -0.469 e. The molecule has 1 saturated heterocycles. The van der Waals surface area contributed by atoms with E-state index in [4.69, 9.17) is 26.4 Å². The zero-order valence-corrected chi connectivity index (χ0v) is 22.7. The second-order valence-electron chi connectivity index (χ2n) is 8.23. The third-order valence-electron chi connectivity index (χ3n) is 5.62. The molecule has 0 bridgehead atoms. The summed E-state index contributed by atoms with van der Waals surface area (Å²) in [7, 11) is 1.36. The number of amides is 1. The topological polar surface area (TPSA) is 110 Å². The summed E-state index contributed by atoms with van der Waals surface area (Å²) in [5.41, 5.74) is 1.44. The van der Waals surface area contributed by atoms with Crippen LogP contribution < -0.4 is 34.4 Å². The lowest BCUT2D eigenvalue weighted by molar-refractivity contribution is -0.140. The average molecular weight is 564 g/mol. The van der Waals surface area contributed by atoms with Crippen molar-refractivity contribution in [2.45, 2.75) is 25.2 Å². The van der Waals surface area contributed by atoms with Crippen molar-refractivity contribution in [2.24, 2.45) is 5.92 Å². The number of carbonyl (C=O) groups excluding carboxylic acids is 2. The third-order valence-corrected chi connectivity index (χ3v) is 9.21. The summed E-state index contributed by atoms with van der Waals surface area (Å²) in [5.74, 6) is 0.693. The summed E-state index contributed by atoms with van der Waals surface area (Å²) in [6, 6.07) is 3.83. The molecule has 0 radical (unpaired) electrons. The number of carbonyl (C=O) groups is 2. The molecule has 0 saturated carbocycles. The Labute approximate surface area is 223 Å². The maximum absolute atomic E-state index is 13.0. The SMILES string of the molecule is COC(=O)CCN1/C(=C/C(=c2/s/c(=C3\SC(=S)NC3=O)[nH]c2=O)C(C)C)Sc2cc3c(cc21)OCO3. The van der Waals surface area contributed by atoms with Crippen LogP contribution in [0.3, 0.4) is 0 Å². The van der Waals surface area contributed by atoms with Gasteiger partial charge in [0.2, 0.25) is 6.79 Å². The van der Waals surface area contributed by atoms with E-state index in [1.807, 2.05) is 37.0 Å². The van der Waals surface area contributed by atoms with Gasteiger partial charge in [0.15, 0.2) is 11.5 Å². The summed E-state index contributed by atoms with van der Waals surface area (Å²) < 4.78 is 17.3. The zero-order valence-electron chi connectivity index (χ0n) is 19.5. The quantitative estimate of drug-likeness (QED) is 0.415. The first-order valence-electron chi connectivity index (χ1n) is 10.9. The summed E-state index contributed by atoms with van der Waals surface area (Å²) in [4.78, 5) is 43.4. The minimum atomic E-state index is -0.316. The van der Waals surface area contributed by atoms with Gasteiger partial charge >= 0.3 is 5.97 Å². The first-order chi connectivity index (χ1) is 17.2. The summed E-state index contributed by atoms with van der Waals surface area (Å²) in [6.45, 7) is 4.57. The van der Waals surface area contributed by atoms with Gasteiger partial charge in [-0.25, -0.2) is 0 Å². The fourth-order valence-electron chi connectivity index (χ4n) is 3.85. The molecule has 1 fully saturated rings. The number of thiazole rings is 1. The van der Waals surface area contributed by atoms with Gasteiger partial charge in [-0.1, -0.05) is 49.6 Å². The molecule has 5 rings (SSSR count). The third kappa shape index (κ3) is 4.67. The number of fused-ring (bicyclic) bond motifs is 2. The molecule has 1 aromatic heterocycles. The van der Waals surface area contributed by atoms with Crippen LogP contribution in [0.5, 0.6) is 11.5 Å². The van der Waals surface area contributed by atoms with Gasteiger partial charge in [-0.15, -0.1) is 11.3 Å². The normalized spacial score (nSPS) is 19.8. The number of esters is 1. The average Bonchev–Trinajstić information content (AvgIpc) is 3.59. The molecule has 188 valence electrons. The van der Waals surface area contributed by atoms with Crippen LogP contribution in [0.15, 0.2) is 32.9 Å². The number of allylic oxidation sites excluding steroid dienone is 1. The zero-order chi connectivity index (χ0) is 25.6. The monoisotopic (exact) mass is 563 g/mol. The molecular weight excluding hydrogens is 543 g/mol. The van der Waals surface area contributed by atoms with Gasteiger partial charge in [0, 0.05) is 23.6 Å². The van der Waals surface area contributed by atoms with E-state index in [1.54, 1.807) is 0 Å². The van der Waals surface area contributed by atoms with E-state index >= 15 is 0 Å². The number of aromatic nitrogens is 1. The maximum Gasteiger partial charge on any atom is 0.307 e. The van der Waals surface area contributed by atoms with Gasteiger partial charge in [-0.2, -0.15) is 0 Å². The van der Waals surface area contributed by atoms with E-state index < -0.39 is 0 Å². The highest BCUT2D eigenvalue weighted by Crippen LogP contribution is 2.51. The highest BCUT2D eigenvalue weighted by atomic mass is 32.2. The largest absolute Gasteiger partial charge is 0.469 e. The standard InChI is InChI=1S/C23H21N3O6S4/c1-10(2)11(18-20(28)24-22(35-18)19-21(29)25-23(33)36-19)6-16-26(5-4-17(27)30-3)12-7-13-14(32-9-31-13)8-15(12)34-16/h6-8,10H,4-5,9H2,1-3H3,(H,24,28)(H,25,29,33)/b16-6-,18-11-,22-19-. The molecule has 4 heterocycles. The van der Waals surface area contributed by atoms with Crippen molar-refractivity contribution in [2.75, 3.05) is 25.3 Å².